The smallest absolute Gasteiger partial charge is 0.338 e. The van der Waals surface area contributed by atoms with Gasteiger partial charge in [-0.3, -0.25) is 14.4 Å². The molecule has 0 unspecified atom stereocenters. The quantitative estimate of drug-likeness (QED) is 0.167. The van der Waals surface area contributed by atoms with Crippen molar-refractivity contribution in [2.75, 3.05) is 0 Å². The molecule has 4 rings (SSSR count). The van der Waals surface area contributed by atoms with Crippen LogP contribution in [0, 0.1) is 23.2 Å². The van der Waals surface area contributed by atoms with Crippen LogP contribution < -0.4 is 0 Å². The van der Waals surface area contributed by atoms with E-state index < -0.39 is 69.2 Å². The molecule has 8 nitrogen and oxygen atoms in total. The Labute approximate surface area is 210 Å². The van der Waals surface area contributed by atoms with Gasteiger partial charge in [0.05, 0.1) is 5.57 Å². The highest BCUT2D eigenvalue weighted by atomic mass is 16.6. The number of Topliss-reactive ketones (excluding diaryl/α,β-unsaturated/α-hetero) is 2. The number of esters is 1. The van der Waals surface area contributed by atoms with Gasteiger partial charge in [-0.2, -0.15) is 0 Å². The van der Waals surface area contributed by atoms with Crippen LogP contribution in [0.4, 0.5) is 0 Å². The van der Waals surface area contributed by atoms with E-state index in [1.54, 1.807) is 38.2 Å². The fourth-order valence-corrected chi connectivity index (χ4v) is 5.93. The monoisotopic (exact) mass is 496 g/mol. The molecule has 192 valence electrons. The molecule has 0 saturated heterocycles. The van der Waals surface area contributed by atoms with E-state index in [4.69, 9.17) is 4.74 Å². The highest BCUT2D eigenvalue weighted by molar-refractivity contribution is 6.24. The molecule has 0 aromatic heterocycles. The van der Waals surface area contributed by atoms with E-state index in [9.17, 15) is 34.5 Å². The van der Waals surface area contributed by atoms with E-state index in [0.29, 0.717) is 0 Å². The Bertz CT molecular complexity index is 1210. The van der Waals surface area contributed by atoms with E-state index in [1.807, 2.05) is 0 Å². The predicted octanol–water partition coefficient (Wildman–Crippen LogP) is 3.55. The maximum absolute atomic E-state index is 13.8. The van der Waals surface area contributed by atoms with Crippen molar-refractivity contribution in [2.45, 2.75) is 52.7 Å². The Kier molecular flexibility index (Phi) is 6.89. The van der Waals surface area contributed by atoms with Crippen molar-refractivity contribution in [3.05, 3.63) is 71.3 Å². The number of allylic oxidation sites excluding steroid dienone is 8. The number of carbonyl (C=O) groups is 4. The molecular formula is C28H32O8. The van der Waals surface area contributed by atoms with Gasteiger partial charge in [0.15, 0.2) is 23.0 Å². The third kappa shape index (κ3) is 3.63. The Hall–Kier alpha value is -3.52. The van der Waals surface area contributed by atoms with Crippen LogP contribution in [0.2, 0.25) is 0 Å². The highest BCUT2D eigenvalue weighted by Crippen LogP contribution is 2.64. The van der Waals surface area contributed by atoms with Crippen LogP contribution >= 0.6 is 0 Å². The van der Waals surface area contributed by atoms with Crippen LogP contribution in [0.15, 0.2) is 71.3 Å². The predicted molar refractivity (Wildman–Crippen MR) is 132 cm³/mol. The summed E-state index contributed by atoms with van der Waals surface area (Å²) < 4.78 is 5.59. The third-order valence-corrected chi connectivity index (χ3v) is 7.68. The number of aliphatic hydroxyl groups is 3. The van der Waals surface area contributed by atoms with E-state index in [1.165, 1.54) is 52.0 Å². The van der Waals surface area contributed by atoms with Gasteiger partial charge in [-0.25, -0.2) is 4.79 Å². The lowest BCUT2D eigenvalue weighted by Crippen LogP contribution is -2.75. The van der Waals surface area contributed by atoms with Gasteiger partial charge in [-0.05, 0) is 53.7 Å². The fraction of sp³-hybridized carbons (Fsp3) is 0.429. The molecule has 0 spiro atoms. The van der Waals surface area contributed by atoms with Gasteiger partial charge < -0.3 is 20.1 Å². The molecule has 1 aliphatic heterocycles. The summed E-state index contributed by atoms with van der Waals surface area (Å²) in [6.07, 6.45) is 12.0. The Morgan fingerprint density at radius 3 is 2.03 bits per heavy atom. The minimum atomic E-state index is -2.22. The lowest BCUT2D eigenvalue weighted by atomic mass is 9.40. The van der Waals surface area contributed by atoms with Crippen molar-refractivity contribution < 1.29 is 39.2 Å². The van der Waals surface area contributed by atoms with Crippen molar-refractivity contribution >= 4 is 23.3 Å². The summed E-state index contributed by atoms with van der Waals surface area (Å²) in [7, 11) is 0. The summed E-state index contributed by atoms with van der Waals surface area (Å²) in [5.74, 6) is -8.17. The van der Waals surface area contributed by atoms with Gasteiger partial charge in [0.25, 0.3) is 0 Å². The number of ketones is 3. The number of hydrogen-bond acceptors (Lipinski definition) is 8. The second-order valence-electron chi connectivity index (χ2n) is 9.93. The van der Waals surface area contributed by atoms with Gasteiger partial charge in [0.1, 0.15) is 22.5 Å². The lowest BCUT2D eigenvalue weighted by Gasteiger charge is -2.60. The average Bonchev–Trinajstić information content (AvgIpc) is 3.01. The number of cyclic esters (lactones) is 1. The maximum atomic E-state index is 13.8. The molecule has 2 bridgehead atoms. The molecule has 1 heterocycles. The lowest BCUT2D eigenvalue weighted by molar-refractivity contribution is -0.203. The van der Waals surface area contributed by atoms with Crippen LogP contribution in [0.1, 0.15) is 41.5 Å². The molecule has 3 fully saturated rings. The minimum absolute atomic E-state index is 0.0835. The molecule has 36 heavy (non-hydrogen) atoms. The molecular weight excluding hydrogens is 464 g/mol. The summed E-state index contributed by atoms with van der Waals surface area (Å²) in [6.45, 7) is 8.72. The van der Waals surface area contributed by atoms with Crippen LogP contribution in [-0.4, -0.2) is 49.8 Å². The summed E-state index contributed by atoms with van der Waals surface area (Å²) in [5, 5.41) is 33.5. The zero-order valence-corrected chi connectivity index (χ0v) is 21.2. The van der Waals surface area contributed by atoms with Crippen molar-refractivity contribution in [1.29, 1.82) is 0 Å². The van der Waals surface area contributed by atoms with E-state index in [2.05, 4.69) is 0 Å². The zero-order valence-electron chi connectivity index (χ0n) is 21.2. The molecule has 0 amide bonds. The van der Waals surface area contributed by atoms with Crippen molar-refractivity contribution in [1.82, 2.24) is 0 Å². The number of hydrogen-bond donors (Lipinski definition) is 3. The van der Waals surface area contributed by atoms with Gasteiger partial charge in [0, 0.05) is 23.3 Å². The van der Waals surface area contributed by atoms with Gasteiger partial charge in [-0.15, -0.1) is 0 Å². The number of ether oxygens (including phenoxy) is 1. The molecule has 4 aliphatic rings. The molecule has 8 heteroatoms. The number of fused-ring (bicyclic) bond motifs is 3. The number of rotatable bonds is 6. The molecule has 0 aromatic carbocycles. The molecule has 0 aromatic rings. The number of aliphatic hydroxyl groups excluding tert-OH is 2. The second-order valence-corrected chi connectivity index (χ2v) is 9.93. The first-order valence-corrected chi connectivity index (χ1v) is 11.7. The van der Waals surface area contributed by atoms with Gasteiger partial charge >= 0.3 is 5.97 Å². The average molecular weight is 497 g/mol. The zero-order chi connectivity index (χ0) is 27.2. The first-order chi connectivity index (χ1) is 16.7. The molecule has 3 saturated carbocycles. The third-order valence-electron chi connectivity index (χ3n) is 7.68. The van der Waals surface area contributed by atoms with Gasteiger partial charge in [0.2, 0.25) is 0 Å². The first kappa shape index (κ1) is 27.1. The standard InChI is InChI=1S/C28H32O8/c1-7-9-11-13-16(29)18-20-21(28(6)22(31)15(3)24(33)36-28)19(17(30)14-12-10-8-2)26(4,23(18)32)25(34)27(20,5)35/h7-14,19-21,29,31,35H,1-6H3/b9-7-,10-8+,13-11+,14-12+,18-16-/t19-,20-,21-,26-,27+,28+/m1/s1. The largest absolute Gasteiger partial charge is 0.508 e. The normalized spacial score (nSPS) is 38.4. The number of carbonyl (C=O) groups excluding carboxylic acids is 4. The van der Waals surface area contributed by atoms with Crippen LogP contribution in [-0.2, 0) is 23.9 Å². The Morgan fingerprint density at radius 1 is 0.972 bits per heavy atom. The first-order valence-electron chi connectivity index (χ1n) is 11.7. The maximum Gasteiger partial charge on any atom is 0.338 e. The molecule has 3 N–H and O–H groups in total. The molecule has 0 radical (unpaired) electrons. The van der Waals surface area contributed by atoms with Gasteiger partial charge in [-0.1, -0.05) is 36.5 Å². The summed E-state index contributed by atoms with van der Waals surface area (Å²) in [4.78, 5) is 53.5. The Morgan fingerprint density at radius 2 is 1.53 bits per heavy atom. The Balaban J connectivity index is 2.41. The topological polar surface area (TPSA) is 138 Å². The molecule has 3 aliphatic carbocycles. The van der Waals surface area contributed by atoms with Crippen molar-refractivity contribution in [2.24, 2.45) is 23.2 Å². The minimum Gasteiger partial charge on any atom is -0.508 e. The summed E-state index contributed by atoms with van der Waals surface area (Å²) in [6, 6.07) is 0. The molecule has 6 atom stereocenters. The van der Waals surface area contributed by atoms with Crippen LogP contribution in [0.5, 0.6) is 0 Å². The van der Waals surface area contributed by atoms with E-state index in [-0.39, 0.29) is 11.1 Å². The summed E-state index contributed by atoms with van der Waals surface area (Å²) in [5.41, 5.74) is -6.53. The van der Waals surface area contributed by atoms with Crippen LogP contribution in [0.25, 0.3) is 0 Å². The summed E-state index contributed by atoms with van der Waals surface area (Å²) >= 11 is 0. The highest BCUT2D eigenvalue weighted by Gasteiger charge is 2.77. The van der Waals surface area contributed by atoms with Crippen molar-refractivity contribution in [3.8, 4) is 0 Å². The van der Waals surface area contributed by atoms with Crippen molar-refractivity contribution in [3.63, 3.8) is 0 Å². The fourth-order valence-electron chi connectivity index (χ4n) is 5.93. The van der Waals surface area contributed by atoms with Crippen LogP contribution in [0.3, 0.4) is 0 Å². The second kappa shape index (κ2) is 9.17. The van der Waals surface area contributed by atoms with E-state index >= 15 is 0 Å². The van der Waals surface area contributed by atoms with E-state index in [0.717, 1.165) is 0 Å². The SMILES string of the molecule is C\C=C/C=C/C(O)=C1/C(=O)[C@]2(C)C(=O)[C@@](C)(O)[C@H]1[C@H]([C@]1(C)OC(=O)C(C)=C1O)[C@H]2C(=O)/C=C/C=C/C.